The third kappa shape index (κ3) is 4.12. The number of nitrogens with one attached hydrogen (secondary N) is 2. The van der Waals surface area contributed by atoms with Gasteiger partial charge in [0.1, 0.15) is 0 Å². The number of hydrogen-bond acceptors (Lipinski definition) is 5. The Labute approximate surface area is 164 Å². The minimum absolute atomic E-state index is 0.00377. The number of ether oxygens (including phenoxy) is 1. The summed E-state index contributed by atoms with van der Waals surface area (Å²) in [5, 5.41) is 14.7. The number of aryl methyl sites for hydroxylation is 1. The van der Waals surface area contributed by atoms with E-state index in [1.807, 2.05) is 11.8 Å². The highest BCUT2D eigenvalue weighted by atomic mass is 19.1. The van der Waals surface area contributed by atoms with Gasteiger partial charge in [0.05, 0.1) is 12.6 Å². The molecule has 2 saturated heterocycles. The number of rotatable bonds is 5. The van der Waals surface area contributed by atoms with Gasteiger partial charge in [0.15, 0.2) is 17.9 Å². The van der Waals surface area contributed by atoms with Gasteiger partial charge in [-0.3, -0.25) is 14.9 Å². The van der Waals surface area contributed by atoms with E-state index in [9.17, 15) is 19.1 Å². The van der Waals surface area contributed by atoms with E-state index in [4.69, 9.17) is 4.74 Å². The van der Waals surface area contributed by atoms with Crippen LogP contribution in [0, 0.1) is 12.7 Å². The van der Waals surface area contributed by atoms with E-state index in [0.717, 1.165) is 24.0 Å². The van der Waals surface area contributed by atoms with Crippen molar-refractivity contribution in [1.82, 2.24) is 15.5 Å². The molecular weight excluding hydrogens is 365 g/mol. The van der Waals surface area contributed by atoms with Crippen LogP contribution in [-0.4, -0.2) is 53.9 Å². The van der Waals surface area contributed by atoms with Crippen LogP contribution in [0.25, 0.3) is 0 Å². The van der Waals surface area contributed by atoms with Crippen LogP contribution >= 0.6 is 0 Å². The van der Waals surface area contributed by atoms with Crippen LogP contribution < -0.4 is 15.4 Å². The lowest BCUT2D eigenvalue weighted by atomic mass is 9.86. The Morgan fingerprint density at radius 2 is 2.07 bits per heavy atom. The summed E-state index contributed by atoms with van der Waals surface area (Å²) in [6.07, 6.45) is 1.09. The van der Waals surface area contributed by atoms with E-state index in [-0.39, 0.29) is 35.7 Å². The highest BCUT2D eigenvalue weighted by molar-refractivity contribution is 5.88. The lowest BCUT2D eigenvalue weighted by Crippen LogP contribution is -2.46. The van der Waals surface area contributed by atoms with Crippen molar-refractivity contribution in [3.05, 3.63) is 29.1 Å². The summed E-state index contributed by atoms with van der Waals surface area (Å²) < 4.78 is 18.9. The number of aliphatic hydroxyl groups excluding tert-OH is 1. The van der Waals surface area contributed by atoms with Crippen LogP contribution in [-0.2, 0) is 9.59 Å². The van der Waals surface area contributed by atoms with Gasteiger partial charge in [-0.2, -0.15) is 0 Å². The van der Waals surface area contributed by atoms with Crippen molar-refractivity contribution < 1.29 is 23.8 Å². The number of carbonyl (C=O) groups excluding carboxylic acids is 2. The molecule has 3 N–H and O–H groups in total. The summed E-state index contributed by atoms with van der Waals surface area (Å²) in [5.74, 6) is -0.152. The molecule has 2 atom stereocenters. The zero-order chi connectivity index (χ0) is 20.5. The summed E-state index contributed by atoms with van der Waals surface area (Å²) in [5.41, 5.74) is 1.03. The standard InChI is InChI=1S/C20H28FN3O4/c1-12-10-15(21)16(28-3)11-14(12)13-5-8-24(9-6-13)17(25)4-7-20(2)18(26)22-19(27)23-20/h10-11,13,19,23,27H,4-9H2,1-3H3,(H,22,26)/t19?,20-/m1/s1. The van der Waals surface area contributed by atoms with Gasteiger partial charge in [0.2, 0.25) is 11.8 Å². The molecular formula is C20H28FN3O4. The topological polar surface area (TPSA) is 90.9 Å². The monoisotopic (exact) mass is 393 g/mol. The van der Waals surface area contributed by atoms with E-state index in [2.05, 4.69) is 10.6 Å². The lowest BCUT2D eigenvalue weighted by molar-refractivity contribution is -0.133. The van der Waals surface area contributed by atoms with Crippen molar-refractivity contribution in [2.24, 2.45) is 0 Å². The van der Waals surface area contributed by atoms with E-state index in [1.165, 1.54) is 13.2 Å². The van der Waals surface area contributed by atoms with Gasteiger partial charge in [0.25, 0.3) is 0 Å². The molecule has 2 fully saturated rings. The molecule has 0 saturated carbocycles. The minimum atomic E-state index is -1.07. The first-order chi connectivity index (χ1) is 13.2. The second-order valence-electron chi connectivity index (χ2n) is 7.85. The maximum atomic E-state index is 13.8. The summed E-state index contributed by atoms with van der Waals surface area (Å²) in [4.78, 5) is 26.3. The minimum Gasteiger partial charge on any atom is -0.494 e. The smallest absolute Gasteiger partial charge is 0.243 e. The van der Waals surface area contributed by atoms with Crippen LogP contribution in [0.2, 0.25) is 0 Å². The summed E-state index contributed by atoms with van der Waals surface area (Å²) in [6, 6.07) is 3.27. The normalized spacial score (nSPS) is 25.7. The first kappa shape index (κ1) is 20.5. The summed E-state index contributed by atoms with van der Waals surface area (Å²) >= 11 is 0. The molecule has 1 aromatic carbocycles. The number of methoxy groups -OCH3 is 1. The molecule has 0 radical (unpaired) electrons. The summed E-state index contributed by atoms with van der Waals surface area (Å²) in [7, 11) is 1.46. The fourth-order valence-corrected chi connectivity index (χ4v) is 4.09. The summed E-state index contributed by atoms with van der Waals surface area (Å²) in [6.45, 7) is 4.83. The highest BCUT2D eigenvalue weighted by Crippen LogP contribution is 2.34. The fourth-order valence-electron chi connectivity index (χ4n) is 4.09. The Kier molecular flexibility index (Phi) is 5.90. The number of likely N-dealkylation sites (tertiary alicyclic amines) is 1. The van der Waals surface area contributed by atoms with Crippen LogP contribution in [0.4, 0.5) is 4.39 Å². The van der Waals surface area contributed by atoms with Gasteiger partial charge in [-0.1, -0.05) is 0 Å². The Balaban J connectivity index is 1.55. The Morgan fingerprint density at radius 3 is 2.64 bits per heavy atom. The number of amides is 2. The molecule has 28 heavy (non-hydrogen) atoms. The van der Waals surface area contributed by atoms with Crippen molar-refractivity contribution in [3.63, 3.8) is 0 Å². The third-order valence-corrected chi connectivity index (χ3v) is 5.89. The predicted octanol–water partition coefficient (Wildman–Crippen LogP) is 1.38. The van der Waals surface area contributed by atoms with E-state index in [1.54, 1.807) is 13.0 Å². The van der Waals surface area contributed by atoms with Crippen molar-refractivity contribution in [1.29, 1.82) is 0 Å². The molecule has 1 aromatic rings. The van der Waals surface area contributed by atoms with Crippen LogP contribution in [0.1, 0.15) is 49.7 Å². The number of benzene rings is 1. The maximum absolute atomic E-state index is 13.8. The van der Waals surface area contributed by atoms with Gasteiger partial charge in [0, 0.05) is 19.5 Å². The predicted molar refractivity (Wildman–Crippen MR) is 101 cm³/mol. The zero-order valence-corrected chi connectivity index (χ0v) is 16.5. The maximum Gasteiger partial charge on any atom is 0.243 e. The first-order valence-electron chi connectivity index (χ1n) is 9.62. The van der Waals surface area contributed by atoms with Gasteiger partial charge in [-0.15, -0.1) is 0 Å². The average Bonchev–Trinajstić information content (AvgIpc) is 2.92. The van der Waals surface area contributed by atoms with Crippen molar-refractivity contribution in [3.8, 4) is 5.75 Å². The molecule has 2 amide bonds. The van der Waals surface area contributed by atoms with Crippen LogP contribution in [0.15, 0.2) is 12.1 Å². The second kappa shape index (κ2) is 8.05. The van der Waals surface area contributed by atoms with E-state index < -0.39 is 11.9 Å². The molecule has 0 bridgehead atoms. The van der Waals surface area contributed by atoms with E-state index >= 15 is 0 Å². The first-order valence-corrected chi connectivity index (χ1v) is 9.62. The fraction of sp³-hybridized carbons (Fsp3) is 0.600. The Bertz CT molecular complexity index is 764. The number of nitrogens with zero attached hydrogens (tertiary/aromatic N) is 1. The van der Waals surface area contributed by atoms with Crippen LogP contribution in [0.5, 0.6) is 5.75 Å². The van der Waals surface area contributed by atoms with Crippen molar-refractivity contribution in [2.75, 3.05) is 20.2 Å². The molecule has 0 aromatic heterocycles. The van der Waals surface area contributed by atoms with Gasteiger partial charge < -0.3 is 20.1 Å². The number of piperidine rings is 1. The Hall–Kier alpha value is -2.19. The van der Waals surface area contributed by atoms with Gasteiger partial charge in [-0.05, 0) is 62.3 Å². The number of halogens is 1. The quantitative estimate of drug-likeness (QED) is 0.703. The molecule has 154 valence electrons. The number of carbonyl (C=O) groups is 2. The highest BCUT2D eigenvalue weighted by Gasteiger charge is 2.42. The molecule has 0 spiro atoms. The molecule has 3 rings (SSSR count). The number of aliphatic hydroxyl groups is 1. The zero-order valence-electron chi connectivity index (χ0n) is 16.5. The lowest BCUT2D eigenvalue weighted by Gasteiger charge is -2.33. The average molecular weight is 393 g/mol. The third-order valence-electron chi connectivity index (χ3n) is 5.89. The Morgan fingerprint density at radius 1 is 1.39 bits per heavy atom. The molecule has 2 heterocycles. The second-order valence-corrected chi connectivity index (χ2v) is 7.85. The van der Waals surface area contributed by atoms with Gasteiger partial charge in [-0.25, -0.2) is 4.39 Å². The molecule has 7 nitrogen and oxygen atoms in total. The van der Waals surface area contributed by atoms with E-state index in [0.29, 0.717) is 19.5 Å². The van der Waals surface area contributed by atoms with Crippen LogP contribution in [0.3, 0.4) is 0 Å². The van der Waals surface area contributed by atoms with Crippen molar-refractivity contribution >= 4 is 11.8 Å². The van der Waals surface area contributed by atoms with Gasteiger partial charge >= 0.3 is 0 Å². The molecule has 2 aliphatic heterocycles. The van der Waals surface area contributed by atoms with Crippen molar-refractivity contribution in [2.45, 2.75) is 57.3 Å². The number of hydrogen-bond donors (Lipinski definition) is 3. The largest absolute Gasteiger partial charge is 0.494 e. The molecule has 1 unspecified atom stereocenters. The molecule has 8 heteroatoms. The molecule has 0 aliphatic carbocycles. The molecule has 2 aliphatic rings. The SMILES string of the molecule is COc1cc(C2CCN(C(=O)CC[C@@]3(C)NC(O)NC3=O)CC2)c(C)cc1F.